The first-order chi connectivity index (χ1) is 12.2. The van der Waals surface area contributed by atoms with Gasteiger partial charge in [-0.15, -0.1) is 0 Å². The summed E-state index contributed by atoms with van der Waals surface area (Å²) in [7, 11) is 0. The second-order valence-electron chi connectivity index (χ2n) is 6.37. The molecule has 1 aromatic carbocycles. The van der Waals surface area contributed by atoms with Crippen molar-refractivity contribution in [3.63, 3.8) is 0 Å². The lowest BCUT2D eigenvalue weighted by atomic mass is 10.0. The molecule has 0 bridgehead atoms. The Bertz CT molecular complexity index is 577. The van der Waals surface area contributed by atoms with Crippen molar-refractivity contribution in [2.24, 2.45) is 5.73 Å². The molecule has 0 spiro atoms. The van der Waals surface area contributed by atoms with Crippen LogP contribution in [0.5, 0.6) is 5.75 Å². The molecule has 1 aliphatic rings. The number of hydrogen-bond donors (Lipinski definition) is 2. The molecule has 2 rings (SSSR count). The van der Waals surface area contributed by atoms with Crippen LogP contribution in [0.25, 0.3) is 0 Å². The van der Waals surface area contributed by atoms with E-state index in [4.69, 9.17) is 10.5 Å². The maximum atomic E-state index is 12.9. The van der Waals surface area contributed by atoms with Gasteiger partial charge in [0.2, 0.25) is 5.91 Å². The van der Waals surface area contributed by atoms with E-state index in [1.807, 2.05) is 30.0 Å². The van der Waals surface area contributed by atoms with Crippen molar-refractivity contribution in [1.82, 2.24) is 10.2 Å². The van der Waals surface area contributed by atoms with Crippen molar-refractivity contribution in [1.29, 1.82) is 0 Å². The van der Waals surface area contributed by atoms with Gasteiger partial charge in [-0.3, -0.25) is 9.59 Å². The monoisotopic (exact) mass is 347 g/mol. The molecular formula is C19H29N3O3. The van der Waals surface area contributed by atoms with Gasteiger partial charge in [0.05, 0.1) is 6.61 Å². The Balaban J connectivity index is 2.03. The smallest absolute Gasteiger partial charge is 0.254 e. The van der Waals surface area contributed by atoms with Crippen LogP contribution >= 0.6 is 0 Å². The number of likely N-dealkylation sites (tertiary alicyclic amines) is 1. The Morgan fingerprint density at radius 1 is 1.36 bits per heavy atom. The second kappa shape index (κ2) is 10.0. The number of rotatable bonds is 8. The van der Waals surface area contributed by atoms with E-state index in [1.54, 1.807) is 6.07 Å². The molecule has 25 heavy (non-hydrogen) atoms. The van der Waals surface area contributed by atoms with Crippen molar-refractivity contribution >= 4 is 11.8 Å². The molecule has 0 saturated carbocycles. The normalized spacial score (nSPS) is 17.2. The van der Waals surface area contributed by atoms with Crippen LogP contribution in [-0.4, -0.2) is 49.0 Å². The topological polar surface area (TPSA) is 84.7 Å². The van der Waals surface area contributed by atoms with Gasteiger partial charge in [0.1, 0.15) is 5.75 Å². The van der Waals surface area contributed by atoms with Crippen molar-refractivity contribution in [2.45, 2.75) is 45.1 Å². The highest BCUT2D eigenvalue weighted by Crippen LogP contribution is 2.21. The lowest BCUT2D eigenvalue weighted by molar-refractivity contribution is -0.121. The second-order valence-corrected chi connectivity index (χ2v) is 6.37. The SMILES string of the molecule is CCCOc1cccc(C(=O)N2CCCCC2CNC(=O)CCN)c1. The molecule has 1 unspecified atom stereocenters. The van der Waals surface area contributed by atoms with Crippen molar-refractivity contribution in [3.05, 3.63) is 29.8 Å². The number of benzene rings is 1. The third kappa shape index (κ3) is 5.74. The largest absolute Gasteiger partial charge is 0.494 e. The van der Waals surface area contributed by atoms with Crippen LogP contribution in [0.1, 0.15) is 49.4 Å². The number of piperidine rings is 1. The quantitative estimate of drug-likeness (QED) is 0.752. The maximum absolute atomic E-state index is 12.9. The predicted molar refractivity (Wildman–Crippen MR) is 97.6 cm³/mol. The zero-order valence-electron chi connectivity index (χ0n) is 15.0. The first-order valence-electron chi connectivity index (χ1n) is 9.16. The molecule has 6 nitrogen and oxygen atoms in total. The predicted octanol–water partition coefficient (Wildman–Crippen LogP) is 1.94. The van der Waals surface area contributed by atoms with Crippen molar-refractivity contribution < 1.29 is 14.3 Å². The van der Waals surface area contributed by atoms with Crippen LogP contribution in [0.4, 0.5) is 0 Å². The number of ether oxygens (including phenoxy) is 1. The van der Waals surface area contributed by atoms with Crippen LogP contribution in [0.3, 0.4) is 0 Å². The van der Waals surface area contributed by atoms with Crippen LogP contribution in [0.2, 0.25) is 0 Å². The summed E-state index contributed by atoms with van der Waals surface area (Å²) < 4.78 is 5.63. The van der Waals surface area contributed by atoms with Crippen LogP contribution in [-0.2, 0) is 4.79 Å². The molecule has 0 radical (unpaired) electrons. The number of nitrogens with zero attached hydrogens (tertiary/aromatic N) is 1. The molecule has 3 N–H and O–H groups in total. The van der Waals surface area contributed by atoms with Gasteiger partial charge in [-0.05, 0) is 43.9 Å². The highest BCUT2D eigenvalue weighted by atomic mass is 16.5. The number of nitrogens with two attached hydrogens (primary N) is 1. The van der Waals surface area contributed by atoms with Gasteiger partial charge in [-0.2, -0.15) is 0 Å². The number of carbonyl (C=O) groups excluding carboxylic acids is 2. The van der Waals surface area contributed by atoms with E-state index in [9.17, 15) is 9.59 Å². The molecule has 1 aliphatic heterocycles. The minimum absolute atomic E-state index is 0.000257. The van der Waals surface area contributed by atoms with Crippen molar-refractivity contribution in [3.8, 4) is 5.75 Å². The van der Waals surface area contributed by atoms with Crippen LogP contribution in [0.15, 0.2) is 24.3 Å². The molecule has 1 fully saturated rings. The highest BCUT2D eigenvalue weighted by molar-refractivity contribution is 5.95. The van der Waals surface area contributed by atoms with Crippen molar-refractivity contribution in [2.75, 3.05) is 26.2 Å². The van der Waals surface area contributed by atoms with Gasteiger partial charge < -0.3 is 20.7 Å². The summed E-state index contributed by atoms with van der Waals surface area (Å²) in [6.45, 7) is 4.22. The fourth-order valence-electron chi connectivity index (χ4n) is 3.04. The molecule has 138 valence electrons. The number of nitrogens with one attached hydrogen (secondary N) is 1. The highest BCUT2D eigenvalue weighted by Gasteiger charge is 2.27. The maximum Gasteiger partial charge on any atom is 0.254 e. The van der Waals surface area contributed by atoms with E-state index in [-0.39, 0.29) is 17.9 Å². The molecule has 1 atom stereocenters. The average molecular weight is 347 g/mol. The van der Waals surface area contributed by atoms with Gasteiger partial charge >= 0.3 is 0 Å². The number of hydrogen-bond acceptors (Lipinski definition) is 4. The molecule has 1 saturated heterocycles. The Hall–Kier alpha value is -2.08. The lowest BCUT2D eigenvalue weighted by Gasteiger charge is -2.36. The molecule has 0 aliphatic carbocycles. The molecule has 2 amide bonds. The molecule has 6 heteroatoms. The Kier molecular flexibility index (Phi) is 7.73. The summed E-state index contributed by atoms with van der Waals surface area (Å²) in [5.74, 6) is 0.660. The average Bonchev–Trinajstić information content (AvgIpc) is 2.65. The standard InChI is InChI=1S/C19H29N3O3/c1-2-12-25-17-8-5-6-15(13-17)19(24)22-11-4-3-7-16(22)14-21-18(23)9-10-20/h5-6,8,13,16H,2-4,7,9-12,14,20H2,1H3,(H,21,23). The Labute approximate surface area is 149 Å². The van der Waals surface area contributed by atoms with Gasteiger partial charge in [-0.25, -0.2) is 0 Å². The molecule has 1 heterocycles. The van der Waals surface area contributed by atoms with Gasteiger partial charge in [0.15, 0.2) is 0 Å². The lowest BCUT2D eigenvalue weighted by Crippen LogP contribution is -2.49. The fraction of sp³-hybridized carbons (Fsp3) is 0.579. The Morgan fingerprint density at radius 2 is 2.20 bits per heavy atom. The molecule has 0 aromatic heterocycles. The van der Waals surface area contributed by atoms with E-state index in [1.165, 1.54) is 0 Å². The summed E-state index contributed by atoms with van der Waals surface area (Å²) >= 11 is 0. The summed E-state index contributed by atoms with van der Waals surface area (Å²) in [6, 6.07) is 7.37. The number of amides is 2. The van der Waals surface area contributed by atoms with Gasteiger partial charge in [0, 0.05) is 37.7 Å². The summed E-state index contributed by atoms with van der Waals surface area (Å²) in [5.41, 5.74) is 6.03. The van der Waals surface area contributed by atoms with Gasteiger partial charge in [-0.1, -0.05) is 13.0 Å². The minimum Gasteiger partial charge on any atom is -0.494 e. The molecular weight excluding hydrogens is 318 g/mol. The summed E-state index contributed by atoms with van der Waals surface area (Å²) in [4.78, 5) is 26.5. The van der Waals surface area contributed by atoms with E-state index in [0.29, 0.717) is 31.7 Å². The first-order valence-corrected chi connectivity index (χ1v) is 9.16. The Morgan fingerprint density at radius 3 is 2.96 bits per heavy atom. The third-order valence-electron chi connectivity index (χ3n) is 4.35. The fourth-order valence-corrected chi connectivity index (χ4v) is 3.04. The first kappa shape index (κ1) is 19.2. The number of carbonyl (C=O) groups is 2. The minimum atomic E-state index is -0.0598. The van der Waals surface area contributed by atoms with Crippen LogP contribution in [0, 0.1) is 0 Å². The van der Waals surface area contributed by atoms with E-state index >= 15 is 0 Å². The van der Waals surface area contributed by atoms with Gasteiger partial charge in [0.25, 0.3) is 5.91 Å². The summed E-state index contributed by atoms with van der Waals surface area (Å²) in [5, 5.41) is 2.89. The third-order valence-corrected chi connectivity index (χ3v) is 4.35. The zero-order chi connectivity index (χ0) is 18.1. The zero-order valence-corrected chi connectivity index (χ0v) is 15.0. The molecule has 1 aromatic rings. The van der Waals surface area contributed by atoms with Crippen LogP contribution < -0.4 is 15.8 Å². The van der Waals surface area contributed by atoms with E-state index in [2.05, 4.69) is 5.32 Å². The summed E-state index contributed by atoms with van der Waals surface area (Å²) in [6.07, 6.45) is 4.21. The van der Waals surface area contributed by atoms with E-state index < -0.39 is 0 Å². The van der Waals surface area contributed by atoms with E-state index in [0.717, 1.165) is 38.0 Å².